The number of esters is 1. The fraction of sp³-hybridized carbons (Fsp3) is 0.400. The van der Waals surface area contributed by atoms with Gasteiger partial charge in [-0.15, -0.1) is 0 Å². The van der Waals surface area contributed by atoms with Crippen LogP contribution in [0.5, 0.6) is 0 Å². The molecule has 4 amide bonds. The van der Waals surface area contributed by atoms with Gasteiger partial charge in [-0.3, -0.25) is 19.2 Å². The molecule has 0 radical (unpaired) electrons. The fourth-order valence-electron chi connectivity index (χ4n) is 5.77. The predicted octanol–water partition coefficient (Wildman–Crippen LogP) is 5.82. The summed E-state index contributed by atoms with van der Waals surface area (Å²) in [6, 6.07) is 24.7. The summed E-state index contributed by atoms with van der Waals surface area (Å²) < 4.78 is 15.8. The zero-order chi connectivity index (χ0) is 38.8. The maximum atomic E-state index is 15.2. The van der Waals surface area contributed by atoms with Crippen LogP contribution in [0.4, 0.5) is 9.59 Å². The van der Waals surface area contributed by atoms with E-state index in [1.165, 1.54) is 14.2 Å². The van der Waals surface area contributed by atoms with Crippen LogP contribution in [0.2, 0.25) is 0 Å². The van der Waals surface area contributed by atoms with Gasteiger partial charge < -0.3 is 24.8 Å². The average molecular weight is 748 g/mol. The number of ether oxygens (including phenoxy) is 3. The molecule has 0 spiro atoms. The molecule has 0 aromatic heterocycles. The van der Waals surface area contributed by atoms with E-state index in [0.717, 1.165) is 0 Å². The molecule has 2 N–H and O–H groups in total. The number of ketones is 1. The van der Waals surface area contributed by atoms with Crippen molar-refractivity contribution in [3.8, 4) is 0 Å². The fourth-order valence-corrected chi connectivity index (χ4v) is 6.06. The molecule has 0 saturated heterocycles. The minimum Gasteiger partial charge on any atom is -0.469 e. The standard InChI is InChI=1S/C40H49N3O9S/c1-28(2)24-32(42-38(48)51-26-30-18-10-6-11-19-30)35(45)40(37(47)41-3,25-29-16-8-5-9-17-29)43(39(49)52-27-31-20-12-7-13-21-31)36(46)33(53)22-14-15-23-34(44)50-4/h5-13,16-21,28,32-33,53H,14-15,22-27H2,1-4H3,(H,41,47)(H,42,48)/t32-,33?,40+/m0/s1. The second kappa shape index (κ2) is 21.4. The number of carbonyl (C=O) groups excluding carboxylic acids is 6. The van der Waals surface area contributed by atoms with Crippen LogP contribution in [0.1, 0.15) is 62.6 Å². The molecular weight excluding hydrogens is 699 g/mol. The summed E-state index contributed by atoms with van der Waals surface area (Å²) in [5.74, 6) is -3.49. The highest BCUT2D eigenvalue weighted by Gasteiger charge is 2.58. The quantitative estimate of drug-likeness (QED) is 0.0452. The summed E-state index contributed by atoms with van der Waals surface area (Å²) in [6.07, 6.45) is -1.70. The highest BCUT2D eigenvalue weighted by atomic mass is 32.1. The molecule has 3 rings (SSSR count). The molecule has 1 unspecified atom stereocenters. The number of rotatable bonds is 19. The first kappa shape index (κ1) is 42.2. The van der Waals surface area contributed by atoms with Crippen molar-refractivity contribution >= 4 is 48.4 Å². The molecule has 3 aromatic carbocycles. The molecule has 0 aliphatic carbocycles. The van der Waals surface area contributed by atoms with Gasteiger partial charge in [0, 0.05) is 19.9 Å². The first-order chi connectivity index (χ1) is 25.4. The molecule has 3 aromatic rings. The number of nitrogens with zero attached hydrogens (tertiary/aromatic N) is 1. The minimum absolute atomic E-state index is 0.0335. The number of hydrogen-bond acceptors (Lipinski definition) is 10. The molecular formula is C40H49N3O9S. The maximum Gasteiger partial charge on any atom is 0.418 e. The van der Waals surface area contributed by atoms with Gasteiger partial charge in [0.2, 0.25) is 5.91 Å². The number of nitrogens with one attached hydrogen (secondary N) is 2. The van der Waals surface area contributed by atoms with Gasteiger partial charge in [0.25, 0.3) is 5.91 Å². The van der Waals surface area contributed by atoms with Crippen molar-refractivity contribution in [3.05, 3.63) is 108 Å². The Morgan fingerprint density at radius 3 is 1.81 bits per heavy atom. The van der Waals surface area contributed by atoms with Gasteiger partial charge >= 0.3 is 18.2 Å². The van der Waals surface area contributed by atoms with E-state index in [-0.39, 0.29) is 38.4 Å². The van der Waals surface area contributed by atoms with Crippen LogP contribution in [-0.4, -0.2) is 71.6 Å². The monoisotopic (exact) mass is 747 g/mol. The molecule has 3 atom stereocenters. The van der Waals surface area contributed by atoms with Crippen molar-refractivity contribution in [1.29, 1.82) is 0 Å². The average Bonchev–Trinajstić information content (AvgIpc) is 3.17. The van der Waals surface area contributed by atoms with Crippen molar-refractivity contribution in [2.24, 2.45) is 5.92 Å². The smallest absolute Gasteiger partial charge is 0.418 e. The van der Waals surface area contributed by atoms with Gasteiger partial charge in [-0.1, -0.05) is 111 Å². The van der Waals surface area contributed by atoms with Gasteiger partial charge in [0.1, 0.15) is 13.2 Å². The first-order valence-corrected chi connectivity index (χ1v) is 18.0. The summed E-state index contributed by atoms with van der Waals surface area (Å²) in [4.78, 5) is 84.1. The summed E-state index contributed by atoms with van der Waals surface area (Å²) in [7, 11) is 2.57. The van der Waals surface area contributed by atoms with Crippen LogP contribution in [0.3, 0.4) is 0 Å². The topological polar surface area (TPSA) is 157 Å². The van der Waals surface area contributed by atoms with E-state index < -0.39 is 59.0 Å². The highest BCUT2D eigenvalue weighted by molar-refractivity contribution is 7.81. The van der Waals surface area contributed by atoms with E-state index >= 15 is 4.79 Å². The lowest BCUT2D eigenvalue weighted by Gasteiger charge is -2.42. The second-order valence-electron chi connectivity index (χ2n) is 12.9. The van der Waals surface area contributed by atoms with Crippen LogP contribution in [0, 0.1) is 5.92 Å². The van der Waals surface area contributed by atoms with Crippen LogP contribution < -0.4 is 10.6 Å². The number of unbranched alkanes of at least 4 members (excludes halogenated alkanes) is 1. The third kappa shape index (κ3) is 12.5. The van der Waals surface area contributed by atoms with Crippen molar-refractivity contribution in [2.75, 3.05) is 14.2 Å². The molecule has 53 heavy (non-hydrogen) atoms. The number of alkyl carbamates (subject to hydrolysis) is 1. The van der Waals surface area contributed by atoms with Crippen molar-refractivity contribution in [3.63, 3.8) is 0 Å². The zero-order valence-corrected chi connectivity index (χ0v) is 31.5. The summed E-state index contributed by atoms with van der Waals surface area (Å²) >= 11 is 4.55. The molecule has 0 aliphatic heterocycles. The lowest BCUT2D eigenvalue weighted by Crippen LogP contribution is -2.71. The number of benzene rings is 3. The normalized spacial score (nSPS) is 13.1. The van der Waals surface area contributed by atoms with Gasteiger partial charge in [-0.2, -0.15) is 12.6 Å². The molecule has 0 aliphatic rings. The SMILES string of the molecule is CNC(=O)[C@@](Cc1ccccc1)(C(=O)[C@H](CC(C)C)NC(=O)OCc1ccccc1)N(C(=O)OCc1ccccc1)C(=O)C(S)CCCCC(=O)OC. The van der Waals surface area contributed by atoms with Gasteiger partial charge in [-0.05, 0) is 41.9 Å². The molecule has 0 saturated carbocycles. The molecule has 0 heterocycles. The number of thiol groups is 1. The summed E-state index contributed by atoms with van der Waals surface area (Å²) in [5, 5.41) is 3.93. The van der Waals surface area contributed by atoms with Crippen LogP contribution in [-0.2, 0) is 53.0 Å². The number of imide groups is 1. The minimum atomic E-state index is -2.57. The largest absolute Gasteiger partial charge is 0.469 e. The van der Waals surface area contributed by atoms with Gasteiger partial charge in [0.15, 0.2) is 11.3 Å². The lowest BCUT2D eigenvalue weighted by atomic mass is 9.78. The second-order valence-corrected chi connectivity index (χ2v) is 13.5. The number of Topliss-reactive ketones (excluding diaryl/α,β-unsaturated/α-hetero) is 1. The van der Waals surface area contributed by atoms with E-state index in [1.54, 1.807) is 84.9 Å². The zero-order valence-electron chi connectivity index (χ0n) is 30.6. The van der Waals surface area contributed by atoms with E-state index in [4.69, 9.17) is 14.2 Å². The molecule has 284 valence electrons. The number of carbonyl (C=O) groups is 6. The third-order valence-electron chi connectivity index (χ3n) is 8.45. The molecule has 13 heteroatoms. The Labute approximate surface area is 316 Å². The third-order valence-corrected chi connectivity index (χ3v) is 8.93. The number of likely N-dealkylation sites (N-methyl/N-ethyl adjacent to an activating group) is 1. The Kier molecular flexibility index (Phi) is 17.0. The van der Waals surface area contributed by atoms with E-state index in [1.807, 2.05) is 19.9 Å². The number of amides is 4. The highest BCUT2D eigenvalue weighted by Crippen LogP contribution is 2.31. The van der Waals surface area contributed by atoms with Crippen molar-refractivity contribution in [1.82, 2.24) is 15.5 Å². The predicted molar refractivity (Wildman–Crippen MR) is 202 cm³/mol. The summed E-state index contributed by atoms with van der Waals surface area (Å²) in [6.45, 7) is 3.28. The van der Waals surface area contributed by atoms with Crippen molar-refractivity contribution in [2.45, 2.75) is 82.4 Å². The Balaban J connectivity index is 2.14. The Bertz CT molecular complexity index is 1660. The summed E-state index contributed by atoms with van der Waals surface area (Å²) in [5.41, 5.74) is -0.816. The number of hydrogen-bond donors (Lipinski definition) is 3. The maximum absolute atomic E-state index is 15.2. The lowest BCUT2D eigenvalue weighted by molar-refractivity contribution is -0.154. The van der Waals surface area contributed by atoms with Gasteiger partial charge in [-0.25, -0.2) is 14.5 Å². The van der Waals surface area contributed by atoms with E-state index in [0.29, 0.717) is 34.4 Å². The Morgan fingerprint density at radius 2 is 1.30 bits per heavy atom. The first-order valence-electron chi connectivity index (χ1n) is 17.5. The van der Waals surface area contributed by atoms with Crippen LogP contribution in [0.15, 0.2) is 91.0 Å². The molecule has 12 nitrogen and oxygen atoms in total. The van der Waals surface area contributed by atoms with Gasteiger partial charge in [0.05, 0.1) is 18.4 Å². The molecule has 0 bridgehead atoms. The Hall–Kier alpha value is -5.17. The van der Waals surface area contributed by atoms with E-state index in [2.05, 4.69) is 23.3 Å². The van der Waals surface area contributed by atoms with Crippen LogP contribution in [0.25, 0.3) is 0 Å². The van der Waals surface area contributed by atoms with E-state index in [9.17, 15) is 24.0 Å². The molecule has 0 fully saturated rings. The Morgan fingerprint density at radius 1 is 0.774 bits per heavy atom. The van der Waals surface area contributed by atoms with Crippen LogP contribution >= 0.6 is 12.6 Å². The van der Waals surface area contributed by atoms with Crippen molar-refractivity contribution < 1.29 is 43.0 Å². The number of methoxy groups -OCH3 is 1.